The van der Waals surface area contributed by atoms with E-state index in [0.717, 1.165) is 16.3 Å². The van der Waals surface area contributed by atoms with Gasteiger partial charge in [-0.3, -0.25) is 4.79 Å². The van der Waals surface area contributed by atoms with E-state index < -0.39 is 0 Å². The average Bonchev–Trinajstić information content (AvgIpc) is 2.67. The first-order valence-corrected chi connectivity index (χ1v) is 6.10. The molecule has 0 aliphatic heterocycles. The Labute approximate surface area is 104 Å². The Morgan fingerprint density at radius 1 is 1.47 bits per heavy atom. The van der Waals surface area contributed by atoms with Crippen LogP contribution in [0.4, 0.5) is 5.82 Å². The number of hydrogen-bond donors (Lipinski definition) is 1. The molecule has 5 heteroatoms. The predicted molar refractivity (Wildman–Crippen MR) is 68.3 cm³/mol. The number of carbonyl (C=O) groups is 1. The van der Waals surface area contributed by atoms with Gasteiger partial charge < -0.3 is 5.73 Å². The molecule has 2 N–H and O–H groups in total. The van der Waals surface area contributed by atoms with E-state index in [4.69, 9.17) is 5.73 Å². The number of ketones is 1. The molecule has 0 aliphatic rings. The summed E-state index contributed by atoms with van der Waals surface area (Å²) < 4.78 is 0. The summed E-state index contributed by atoms with van der Waals surface area (Å²) in [6.45, 7) is 3.80. The normalized spacial score (nSPS) is 10.5. The number of aryl methyl sites for hydroxylation is 2. The number of Topliss-reactive ketones (excluding diaryl/α,β-unsaturated/α-hetero) is 1. The van der Waals surface area contributed by atoms with E-state index in [9.17, 15) is 4.79 Å². The zero-order valence-corrected chi connectivity index (χ0v) is 10.5. The van der Waals surface area contributed by atoms with Crippen molar-refractivity contribution in [2.75, 3.05) is 5.73 Å². The lowest BCUT2D eigenvalue weighted by Crippen LogP contribution is -2.09. The summed E-state index contributed by atoms with van der Waals surface area (Å²) in [5, 5.41) is 2.86. The fourth-order valence-corrected chi connectivity index (χ4v) is 2.16. The first kappa shape index (κ1) is 11.7. The molecule has 0 saturated heterocycles. The highest BCUT2D eigenvalue weighted by Gasteiger charge is 2.13. The van der Waals surface area contributed by atoms with Gasteiger partial charge in [0.2, 0.25) is 0 Å². The molecule has 4 nitrogen and oxygen atoms in total. The molecule has 0 fully saturated rings. The van der Waals surface area contributed by atoms with Crippen LogP contribution in [0.1, 0.15) is 26.6 Å². The Morgan fingerprint density at radius 3 is 2.88 bits per heavy atom. The van der Waals surface area contributed by atoms with Gasteiger partial charge in [-0.25, -0.2) is 9.97 Å². The third-order valence-electron chi connectivity index (χ3n) is 2.36. The lowest BCUT2D eigenvalue weighted by molar-refractivity contribution is 0.0992. The van der Waals surface area contributed by atoms with Gasteiger partial charge in [-0.1, -0.05) is 0 Å². The molecule has 0 aliphatic carbocycles. The third-order valence-corrected chi connectivity index (χ3v) is 3.19. The minimum Gasteiger partial charge on any atom is -0.383 e. The van der Waals surface area contributed by atoms with Crippen LogP contribution in [0.25, 0.3) is 0 Å². The van der Waals surface area contributed by atoms with Crippen molar-refractivity contribution in [1.29, 1.82) is 0 Å². The van der Waals surface area contributed by atoms with Gasteiger partial charge in [-0.05, 0) is 25.5 Å². The highest BCUT2D eigenvalue weighted by Crippen LogP contribution is 2.15. The molecule has 0 amide bonds. The molecule has 2 rings (SSSR count). The number of nitrogens with two attached hydrogens (primary N) is 1. The maximum absolute atomic E-state index is 12.0. The Bertz CT molecular complexity index is 563. The lowest BCUT2D eigenvalue weighted by Gasteiger charge is -2.03. The molecule has 0 aromatic carbocycles. The number of thiazole rings is 1. The molecule has 0 radical (unpaired) electrons. The highest BCUT2D eigenvalue weighted by molar-refractivity contribution is 7.09. The van der Waals surface area contributed by atoms with Crippen molar-refractivity contribution in [2.45, 2.75) is 20.3 Å². The van der Waals surface area contributed by atoms with Gasteiger partial charge in [0.1, 0.15) is 5.82 Å². The maximum atomic E-state index is 12.0. The molecule has 0 bridgehead atoms. The first-order valence-electron chi connectivity index (χ1n) is 5.22. The second kappa shape index (κ2) is 4.63. The van der Waals surface area contributed by atoms with Gasteiger partial charge in [0.15, 0.2) is 5.78 Å². The average molecular weight is 247 g/mol. The van der Waals surface area contributed by atoms with Crippen molar-refractivity contribution in [3.8, 4) is 0 Å². The highest BCUT2D eigenvalue weighted by atomic mass is 32.1. The van der Waals surface area contributed by atoms with Gasteiger partial charge >= 0.3 is 0 Å². The van der Waals surface area contributed by atoms with E-state index in [-0.39, 0.29) is 18.0 Å². The van der Waals surface area contributed by atoms with Gasteiger partial charge in [0.25, 0.3) is 0 Å². The van der Waals surface area contributed by atoms with Crippen molar-refractivity contribution in [3.63, 3.8) is 0 Å². The van der Waals surface area contributed by atoms with E-state index in [0.29, 0.717) is 5.56 Å². The lowest BCUT2D eigenvalue weighted by atomic mass is 10.1. The molecule has 17 heavy (non-hydrogen) atoms. The summed E-state index contributed by atoms with van der Waals surface area (Å²) >= 11 is 1.54. The second-order valence-corrected chi connectivity index (χ2v) is 4.97. The standard InChI is InChI=1S/C12H13N3OS/c1-7-3-10(12(13)14-5-7)11(16)4-9-6-17-8(2)15-9/h3,5-6H,4H2,1-2H3,(H2,13,14). The number of nitrogen functional groups attached to an aromatic ring is 1. The Balaban J connectivity index is 2.22. The molecule has 88 valence electrons. The van der Waals surface area contributed by atoms with Crippen LogP contribution in [0.15, 0.2) is 17.6 Å². The summed E-state index contributed by atoms with van der Waals surface area (Å²) in [5.41, 5.74) is 7.90. The van der Waals surface area contributed by atoms with Gasteiger partial charge in [-0.15, -0.1) is 11.3 Å². The fourth-order valence-electron chi connectivity index (χ4n) is 1.55. The molecule has 0 unspecified atom stereocenters. The number of rotatable bonds is 3. The number of carbonyl (C=O) groups excluding carboxylic acids is 1. The minimum atomic E-state index is -0.0380. The number of pyridine rings is 1. The van der Waals surface area contributed by atoms with Gasteiger partial charge in [0.05, 0.1) is 22.7 Å². The summed E-state index contributed by atoms with van der Waals surface area (Å²) in [6.07, 6.45) is 1.93. The van der Waals surface area contributed by atoms with E-state index in [1.54, 1.807) is 12.3 Å². The summed E-state index contributed by atoms with van der Waals surface area (Å²) in [7, 11) is 0. The van der Waals surface area contributed by atoms with Gasteiger partial charge in [0, 0.05) is 11.6 Å². The van der Waals surface area contributed by atoms with Crippen molar-refractivity contribution in [1.82, 2.24) is 9.97 Å². The van der Waals surface area contributed by atoms with Crippen LogP contribution in [-0.2, 0) is 6.42 Å². The quantitative estimate of drug-likeness (QED) is 0.844. The number of nitrogens with zero attached hydrogens (tertiary/aromatic N) is 2. The van der Waals surface area contributed by atoms with E-state index in [2.05, 4.69) is 9.97 Å². The van der Waals surface area contributed by atoms with Crippen molar-refractivity contribution in [3.05, 3.63) is 39.5 Å². The van der Waals surface area contributed by atoms with Crippen LogP contribution >= 0.6 is 11.3 Å². The Hall–Kier alpha value is -1.75. The molecule has 2 heterocycles. The monoisotopic (exact) mass is 247 g/mol. The van der Waals surface area contributed by atoms with E-state index >= 15 is 0 Å². The zero-order chi connectivity index (χ0) is 12.4. The Morgan fingerprint density at radius 2 is 2.24 bits per heavy atom. The van der Waals surface area contributed by atoms with E-state index in [1.165, 1.54) is 11.3 Å². The maximum Gasteiger partial charge on any atom is 0.172 e. The summed E-state index contributed by atoms with van der Waals surface area (Å²) in [4.78, 5) is 20.3. The molecular formula is C12H13N3OS. The van der Waals surface area contributed by atoms with Crippen molar-refractivity contribution >= 4 is 22.9 Å². The molecule has 0 saturated carbocycles. The molecule has 2 aromatic heterocycles. The van der Waals surface area contributed by atoms with Crippen molar-refractivity contribution < 1.29 is 4.79 Å². The second-order valence-electron chi connectivity index (χ2n) is 3.90. The molecule has 2 aromatic rings. The molecule has 0 atom stereocenters. The van der Waals surface area contributed by atoms with Crippen LogP contribution in [0, 0.1) is 13.8 Å². The first-order chi connectivity index (χ1) is 8.06. The zero-order valence-electron chi connectivity index (χ0n) is 9.73. The predicted octanol–water partition coefficient (Wildman–Crippen LogP) is 2.16. The number of aromatic nitrogens is 2. The van der Waals surface area contributed by atoms with Crippen LogP contribution < -0.4 is 5.73 Å². The molecule has 0 spiro atoms. The Kier molecular flexibility index (Phi) is 3.19. The van der Waals surface area contributed by atoms with Crippen LogP contribution in [-0.4, -0.2) is 15.8 Å². The number of hydrogen-bond acceptors (Lipinski definition) is 5. The van der Waals surface area contributed by atoms with E-state index in [1.807, 2.05) is 19.2 Å². The largest absolute Gasteiger partial charge is 0.383 e. The number of anilines is 1. The SMILES string of the molecule is Cc1cnc(N)c(C(=O)Cc2csc(C)n2)c1. The summed E-state index contributed by atoms with van der Waals surface area (Å²) in [5.74, 6) is 0.247. The molecular weight excluding hydrogens is 234 g/mol. The van der Waals surface area contributed by atoms with Crippen LogP contribution in [0.2, 0.25) is 0 Å². The van der Waals surface area contributed by atoms with Crippen molar-refractivity contribution in [2.24, 2.45) is 0 Å². The smallest absolute Gasteiger partial charge is 0.172 e. The van der Waals surface area contributed by atoms with Crippen LogP contribution in [0.3, 0.4) is 0 Å². The fraction of sp³-hybridized carbons (Fsp3) is 0.250. The third kappa shape index (κ3) is 2.68. The topological polar surface area (TPSA) is 68.9 Å². The minimum absolute atomic E-state index is 0.0380. The van der Waals surface area contributed by atoms with Gasteiger partial charge in [-0.2, -0.15) is 0 Å². The summed E-state index contributed by atoms with van der Waals surface area (Å²) in [6, 6.07) is 1.77. The van der Waals surface area contributed by atoms with Crippen LogP contribution in [0.5, 0.6) is 0 Å².